The molecular weight excluding hydrogens is 292 g/mol. The lowest BCUT2D eigenvalue weighted by Gasteiger charge is -2.33. The van der Waals surface area contributed by atoms with E-state index in [0.717, 1.165) is 31.5 Å². The molecule has 0 saturated carbocycles. The van der Waals surface area contributed by atoms with Crippen LogP contribution in [-0.4, -0.2) is 59.5 Å². The molecule has 2 heterocycles. The molecule has 0 unspecified atom stereocenters. The predicted molar refractivity (Wildman–Crippen MR) is 90.3 cm³/mol. The van der Waals surface area contributed by atoms with Crippen molar-refractivity contribution >= 4 is 11.9 Å². The zero-order valence-electron chi connectivity index (χ0n) is 14.0. The van der Waals surface area contributed by atoms with Crippen LogP contribution in [-0.2, 0) is 0 Å². The van der Waals surface area contributed by atoms with Gasteiger partial charge in [-0.2, -0.15) is 0 Å². The van der Waals surface area contributed by atoms with Crippen LogP contribution in [0.1, 0.15) is 37.2 Å². The van der Waals surface area contributed by atoms with E-state index in [9.17, 15) is 4.79 Å². The van der Waals surface area contributed by atoms with Crippen LogP contribution in [0.2, 0.25) is 0 Å². The molecule has 0 aromatic carbocycles. The molecule has 1 fully saturated rings. The number of nitrogens with one attached hydrogen (secondary N) is 2. The monoisotopic (exact) mass is 318 g/mol. The van der Waals surface area contributed by atoms with Crippen molar-refractivity contribution in [2.75, 3.05) is 32.7 Å². The molecule has 0 radical (unpaired) electrons. The third-order valence-electron chi connectivity index (χ3n) is 3.87. The Balaban J connectivity index is 1.80. The summed E-state index contributed by atoms with van der Waals surface area (Å²) in [6.45, 7) is 8.31. The Morgan fingerprint density at radius 2 is 2.13 bits per heavy atom. The van der Waals surface area contributed by atoms with Crippen LogP contribution >= 0.6 is 0 Å². The third kappa shape index (κ3) is 5.50. The Kier molecular flexibility index (Phi) is 6.77. The maximum Gasteiger partial charge on any atom is 0.271 e. The summed E-state index contributed by atoms with van der Waals surface area (Å²) in [7, 11) is 0. The minimum atomic E-state index is -0.218. The van der Waals surface area contributed by atoms with Gasteiger partial charge in [-0.1, -0.05) is 6.92 Å². The standard InChI is InChI=1S/C16H26N6O/c1-3-18-16(22-10-4-13(2)5-11-22)21-9-8-20-15(23)14-12-17-6-7-19-14/h6-7,12-13H,3-5,8-11H2,1-2H3,(H,18,21)(H,20,23). The molecule has 1 aromatic rings. The van der Waals surface area contributed by atoms with E-state index in [2.05, 4.69) is 44.3 Å². The number of aromatic nitrogens is 2. The first-order chi connectivity index (χ1) is 11.2. The molecule has 0 bridgehead atoms. The molecule has 1 aromatic heterocycles. The Morgan fingerprint density at radius 3 is 2.78 bits per heavy atom. The van der Waals surface area contributed by atoms with Crippen molar-refractivity contribution in [2.24, 2.45) is 10.9 Å². The number of piperidine rings is 1. The Labute approximate surface area is 137 Å². The molecule has 1 aliphatic heterocycles. The van der Waals surface area contributed by atoms with Gasteiger partial charge in [0.1, 0.15) is 5.69 Å². The number of nitrogens with zero attached hydrogens (tertiary/aromatic N) is 4. The van der Waals surface area contributed by atoms with E-state index < -0.39 is 0 Å². The average Bonchev–Trinajstić information content (AvgIpc) is 2.59. The quantitative estimate of drug-likeness (QED) is 0.479. The highest BCUT2D eigenvalue weighted by molar-refractivity contribution is 5.91. The molecule has 0 aliphatic carbocycles. The van der Waals surface area contributed by atoms with Gasteiger partial charge in [0.2, 0.25) is 0 Å². The van der Waals surface area contributed by atoms with E-state index >= 15 is 0 Å². The molecule has 126 valence electrons. The summed E-state index contributed by atoms with van der Waals surface area (Å²) in [4.78, 5) is 26.6. The molecule has 7 nitrogen and oxygen atoms in total. The van der Waals surface area contributed by atoms with Crippen LogP contribution < -0.4 is 10.6 Å². The maximum absolute atomic E-state index is 11.9. The van der Waals surface area contributed by atoms with Crippen LogP contribution in [0.25, 0.3) is 0 Å². The summed E-state index contributed by atoms with van der Waals surface area (Å²) in [5, 5.41) is 6.14. The molecule has 1 saturated heterocycles. The highest BCUT2D eigenvalue weighted by Gasteiger charge is 2.18. The number of hydrogen-bond donors (Lipinski definition) is 2. The second kappa shape index (κ2) is 9.07. The van der Waals surface area contributed by atoms with Gasteiger partial charge in [-0.3, -0.25) is 14.8 Å². The van der Waals surface area contributed by atoms with Crippen molar-refractivity contribution in [1.82, 2.24) is 25.5 Å². The first-order valence-corrected chi connectivity index (χ1v) is 8.28. The molecule has 1 amide bonds. The van der Waals surface area contributed by atoms with Crippen molar-refractivity contribution in [2.45, 2.75) is 26.7 Å². The van der Waals surface area contributed by atoms with Gasteiger partial charge in [0.05, 0.1) is 12.7 Å². The molecule has 23 heavy (non-hydrogen) atoms. The van der Waals surface area contributed by atoms with E-state index in [1.807, 2.05) is 0 Å². The largest absolute Gasteiger partial charge is 0.357 e. The van der Waals surface area contributed by atoms with Gasteiger partial charge >= 0.3 is 0 Å². The first-order valence-electron chi connectivity index (χ1n) is 8.28. The highest BCUT2D eigenvalue weighted by atomic mass is 16.1. The normalized spacial score (nSPS) is 16.3. The second-order valence-corrected chi connectivity index (χ2v) is 5.75. The first kappa shape index (κ1) is 17.2. The number of guanidine groups is 1. The van der Waals surface area contributed by atoms with E-state index in [-0.39, 0.29) is 5.91 Å². The smallest absolute Gasteiger partial charge is 0.271 e. The maximum atomic E-state index is 11.9. The molecule has 0 atom stereocenters. The van der Waals surface area contributed by atoms with Gasteiger partial charge in [0.15, 0.2) is 5.96 Å². The number of likely N-dealkylation sites (tertiary alicyclic amines) is 1. The van der Waals surface area contributed by atoms with Crippen LogP contribution in [0.4, 0.5) is 0 Å². The zero-order valence-corrected chi connectivity index (χ0v) is 14.0. The van der Waals surface area contributed by atoms with Gasteiger partial charge in [-0.05, 0) is 25.7 Å². The van der Waals surface area contributed by atoms with Gasteiger partial charge < -0.3 is 15.5 Å². The van der Waals surface area contributed by atoms with Gasteiger partial charge in [-0.15, -0.1) is 0 Å². The summed E-state index contributed by atoms with van der Waals surface area (Å²) >= 11 is 0. The van der Waals surface area contributed by atoms with Crippen molar-refractivity contribution in [3.05, 3.63) is 24.3 Å². The minimum absolute atomic E-state index is 0.218. The van der Waals surface area contributed by atoms with Crippen molar-refractivity contribution in [1.29, 1.82) is 0 Å². The summed E-state index contributed by atoms with van der Waals surface area (Å²) in [6.07, 6.45) is 6.91. The van der Waals surface area contributed by atoms with E-state index in [0.29, 0.717) is 18.8 Å². The fourth-order valence-corrected chi connectivity index (χ4v) is 2.48. The summed E-state index contributed by atoms with van der Waals surface area (Å²) in [5.74, 6) is 1.51. The SMILES string of the molecule is CCNC(=NCCNC(=O)c1cnccn1)N1CCC(C)CC1. The van der Waals surface area contributed by atoms with E-state index in [4.69, 9.17) is 0 Å². The molecule has 7 heteroatoms. The summed E-state index contributed by atoms with van der Waals surface area (Å²) in [6, 6.07) is 0. The number of amides is 1. The van der Waals surface area contributed by atoms with Crippen LogP contribution in [0.5, 0.6) is 0 Å². The fourth-order valence-electron chi connectivity index (χ4n) is 2.48. The summed E-state index contributed by atoms with van der Waals surface area (Å²) in [5.41, 5.74) is 0.327. The lowest BCUT2D eigenvalue weighted by atomic mass is 10.00. The third-order valence-corrected chi connectivity index (χ3v) is 3.87. The van der Waals surface area contributed by atoms with Crippen LogP contribution in [0.15, 0.2) is 23.6 Å². The Morgan fingerprint density at radius 1 is 1.35 bits per heavy atom. The molecule has 1 aliphatic rings. The van der Waals surface area contributed by atoms with Crippen molar-refractivity contribution in [3.63, 3.8) is 0 Å². The van der Waals surface area contributed by atoms with Gasteiger partial charge in [0.25, 0.3) is 5.91 Å². The lowest BCUT2D eigenvalue weighted by Crippen LogP contribution is -2.45. The number of rotatable bonds is 5. The number of carbonyl (C=O) groups is 1. The average molecular weight is 318 g/mol. The molecular formula is C16H26N6O. The number of aliphatic imine (C=N–C) groups is 1. The van der Waals surface area contributed by atoms with Gasteiger partial charge in [-0.25, -0.2) is 4.98 Å². The van der Waals surface area contributed by atoms with E-state index in [1.165, 1.54) is 25.2 Å². The number of carbonyl (C=O) groups excluding carboxylic acids is 1. The molecule has 2 N–H and O–H groups in total. The van der Waals surface area contributed by atoms with Crippen LogP contribution in [0, 0.1) is 5.92 Å². The zero-order chi connectivity index (χ0) is 16.5. The predicted octanol–water partition coefficient (Wildman–Crippen LogP) is 0.904. The van der Waals surface area contributed by atoms with Gasteiger partial charge in [0, 0.05) is 38.6 Å². The van der Waals surface area contributed by atoms with Crippen molar-refractivity contribution in [3.8, 4) is 0 Å². The minimum Gasteiger partial charge on any atom is -0.357 e. The fraction of sp³-hybridized carbons (Fsp3) is 0.625. The van der Waals surface area contributed by atoms with E-state index in [1.54, 1.807) is 6.20 Å². The molecule has 2 rings (SSSR count). The highest BCUT2D eigenvalue weighted by Crippen LogP contribution is 2.15. The Hall–Kier alpha value is -2.18. The molecule has 0 spiro atoms. The lowest BCUT2D eigenvalue weighted by molar-refractivity contribution is 0.0949. The van der Waals surface area contributed by atoms with Crippen LogP contribution in [0.3, 0.4) is 0 Å². The van der Waals surface area contributed by atoms with Crippen molar-refractivity contribution < 1.29 is 4.79 Å². The number of hydrogen-bond acceptors (Lipinski definition) is 4. The summed E-state index contributed by atoms with van der Waals surface area (Å²) < 4.78 is 0. The Bertz CT molecular complexity index is 511. The second-order valence-electron chi connectivity index (χ2n) is 5.75. The topological polar surface area (TPSA) is 82.5 Å².